The molecular formula is C15H13IN2O3. The maximum absolute atomic E-state index is 12.0. The lowest BCUT2D eigenvalue weighted by molar-refractivity contribution is 0.0952. The number of amides is 1. The van der Waals surface area contributed by atoms with Gasteiger partial charge >= 0.3 is 0 Å². The largest absolute Gasteiger partial charge is 0.507 e. The van der Waals surface area contributed by atoms with Gasteiger partial charge in [0.25, 0.3) is 5.91 Å². The van der Waals surface area contributed by atoms with Crippen LogP contribution in [0.1, 0.15) is 15.9 Å². The van der Waals surface area contributed by atoms with Gasteiger partial charge in [0.2, 0.25) is 0 Å². The molecule has 2 rings (SSSR count). The summed E-state index contributed by atoms with van der Waals surface area (Å²) in [5.41, 5.74) is 3.63. The molecule has 0 bridgehead atoms. The van der Waals surface area contributed by atoms with E-state index in [4.69, 9.17) is 4.74 Å². The van der Waals surface area contributed by atoms with E-state index in [1.54, 1.807) is 42.5 Å². The summed E-state index contributed by atoms with van der Waals surface area (Å²) < 4.78 is 5.83. The second-order valence-corrected chi connectivity index (χ2v) is 5.27. The number of nitrogens with zero attached hydrogens (tertiary/aromatic N) is 1. The van der Waals surface area contributed by atoms with Gasteiger partial charge in [-0.3, -0.25) is 4.79 Å². The molecule has 0 spiro atoms. The summed E-state index contributed by atoms with van der Waals surface area (Å²) in [6.07, 6.45) is 1.51. The van der Waals surface area contributed by atoms with Crippen LogP contribution in [0.15, 0.2) is 47.6 Å². The van der Waals surface area contributed by atoms with Gasteiger partial charge in [-0.05, 0) is 58.5 Å². The van der Waals surface area contributed by atoms with Crippen molar-refractivity contribution in [2.75, 3.05) is 7.11 Å². The lowest BCUT2D eigenvalue weighted by atomic mass is 10.2. The van der Waals surface area contributed by atoms with Crippen molar-refractivity contribution in [2.24, 2.45) is 5.10 Å². The summed E-state index contributed by atoms with van der Waals surface area (Å²) in [6.45, 7) is 0. The minimum absolute atomic E-state index is 0.214. The van der Waals surface area contributed by atoms with Gasteiger partial charge in [0.15, 0.2) is 0 Å². The standard InChI is InChI=1S/C15H13IN2O3/c1-21-14-5-3-2-4-11(14)15(20)18-17-9-10-6-7-13(19)12(16)8-10/h2-9,19H,1H3,(H,18,20)/b17-9-. The average molecular weight is 396 g/mol. The molecule has 0 aliphatic heterocycles. The van der Waals surface area contributed by atoms with E-state index in [-0.39, 0.29) is 11.7 Å². The van der Waals surface area contributed by atoms with Crippen LogP contribution in [-0.2, 0) is 0 Å². The summed E-state index contributed by atoms with van der Waals surface area (Å²) in [7, 11) is 1.51. The number of rotatable bonds is 4. The number of phenols is 1. The highest BCUT2D eigenvalue weighted by Gasteiger charge is 2.09. The number of hydrazone groups is 1. The van der Waals surface area contributed by atoms with Crippen LogP contribution in [0.3, 0.4) is 0 Å². The van der Waals surface area contributed by atoms with E-state index >= 15 is 0 Å². The highest BCUT2D eigenvalue weighted by Crippen LogP contribution is 2.19. The van der Waals surface area contributed by atoms with Crippen molar-refractivity contribution in [1.82, 2.24) is 5.43 Å². The molecular weight excluding hydrogens is 383 g/mol. The maximum atomic E-state index is 12.0. The molecule has 6 heteroatoms. The van der Waals surface area contributed by atoms with Gasteiger partial charge in [-0.15, -0.1) is 0 Å². The molecule has 0 aromatic heterocycles. The number of methoxy groups -OCH3 is 1. The summed E-state index contributed by atoms with van der Waals surface area (Å²) in [5, 5.41) is 13.3. The molecule has 5 nitrogen and oxygen atoms in total. The van der Waals surface area contributed by atoms with Gasteiger partial charge in [-0.2, -0.15) is 5.10 Å². The first-order valence-corrected chi connectivity index (χ1v) is 7.14. The predicted molar refractivity (Wildman–Crippen MR) is 88.9 cm³/mol. The van der Waals surface area contributed by atoms with E-state index < -0.39 is 0 Å². The minimum atomic E-state index is -0.350. The zero-order valence-corrected chi connectivity index (χ0v) is 13.4. The maximum Gasteiger partial charge on any atom is 0.275 e. The van der Waals surface area contributed by atoms with Crippen LogP contribution in [0, 0.1) is 3.57 Å². The summed E-state index contributed by atoms with van der Waals surface area (Å²) in [5.74, 6) is 0.354. The van der Waals surface area contributed by atoms with Gasteiger partial charge in [0.1, 0.15) is 11.5 Å². The zero-order valence-electron chi connectivity index (χ0n) is 11.2. The molecule has 2 N–H and O–H groups in total. The number of hydrogen-bond acceptors (Lipinski definition) is 4. The molecule has 0 aliphatic carbocycles. The Labute approximate surface area is 135 Å². The number of aromatic hydroxyl groups is 1. The van der Waals surface area contributed by atoms with Crippen LogP contribution < -0.4 is 10.2 Å². The Morgan fingerprint density at radius 1 is 1.33 bits per heavy atom. The van der Waals surface area contributed by atoms with Crippen LogP contribution >= 0.6 is 22.6 Å². The monoisotopic (exact) mass is 396 g/mol. The van der Waals surface area contributed by atoms with Gasteiger partial charge < -0.3 is 9.84 Å². The first kappa shape index (κ1) is 15.3. The summed E-state index contributed by atoms with van der Waals surface area (Å²) >= 11 is 2.02. The average Bonchev–Trinajstić information content (AvgIpc) is 2.50. The van der Waals surface area contributed by atoms with E-state index in [0.29, 0.717) is 14.9 Å². The highest BCUT2D eigenvalue weighted by atomic mass is 127. The number of halogens is 1. The molecule has 21 heavy (non-hydrogen) atoms. The highest BCUT2D eigenvalue weighted by molar-refractivity contribution is 14.1. The van der Waals surface area contributed by atoms with Crippen molar-refractivity contribution < 1.29 is 14.6 Å². The number of phenolic OH excluding ortho intramolecular Hbond substituents is 1. The van der Waals surface area contributed by atoms with E-state index in [9.17, 15) is 9.90 Å². The van der Waals surface area contributed by atoms with Gasteiger partial charge in [-0.1, -0.05) is 12.1 Å². The zero-order chi connectivity index (χ0) is 15.2. The van der Waals surface area contributed by atoms with Crippen molar-refractivity contribution in [3.05, 3.63) is 57.2 Å². The molecule has 0 atom stereocenters. The van der Waals surface area contributed by atoms with Crippen LogP contribution in [0.2, 0.25) is 0 Å². The molecule has 1 amide bonds. The Bertz CT molecular complexity index is 686. The second kappa shape index (κ2) is 7.07. The van der Waals surface area contributed by atoms with Crippen molar-refractivity contribution >= 4 is 34.7 Å². The number of nitrogens with one attached hydrogen (secondary N) is 1. The number of benzene rings is 2. The Balaban J connectivity index is 2.06. The molecule has 0 heterocycles. The molecule has 0 aliphatic rings. The number of carbonyl (C=O) groups excluding carboxylic acids is 1. The van der Waals surface area contributed by atoms with E-state index in [2.05, 4.69) is 10.5 Å². The first-order valence-electron chi connectivity index (χ1n) is 6.06. The molecule has 0 radical (unpaired) electrons. The van der Waals surface area contributed by atoms with Gasteiger partial charge in [0.05, 0.1) is 22.5 Å². The molecule has 2 aromatic rings. The molecule has 0 unspecified atom stereocenters. The summed E-state index contributed by atoms with van der Waals surface area (Å²) in [4.78, 5) is 12.0. The number of carbonyl (C=O) groups is 1. The summed E-state index contributed by atoms with van der Waals surface area (Å²) in [6, 6.07) is 11.9. The van der Waals surface area contributed by atoms with Crippen molar-refractivity contribution in [1.29, 1.82) is 0 Å². The van der Waals surface area contributed by atoms with Crippen molar-refractivity contribution in [3.8, 4) is 11.5 Å². The van der Waals surface area contributed by atoms with E-state index in [1.165, 1.54) is 13.3 Å². The van der Waals surface area contributed by atoms with Crippen molar-refractivity contribution in [2.45, 2.75) is 0 Å². The van der Waals surface area contributed by atoms with Crippen LogP contribution in [0.25, 0.3) is 0 Å². The molecule has 0 saturated carbocycles. The fraction of sp³-hybridized carbons (Fsp3) is 0.0667. The second-order valence-electron chi connectivity index (χ2n) is 4.11. The Morgan fingerprint density at radius 3 is 2.81 bits per heavy atom. The lowest BCUT2D eigenvalue weighted by Crippen LogP contribution is -2.18. The SMILES string of the molecule is COc1ccccc1C(=O)N/N=C\c1ccc(O)c(I)c1. The number of ether oxygens (including phenoxy) is 1. The van der Waals surface area contributed by atoms with E-state index in [1.807, 2.05) is 22.6 Å². The molecule has 0 saturated heterocycles. The minimum Gasteiger partial charge on any atom is -0.507 e. The number of para-hydroxylation sites is 1. The quantitative estimate of drug-likeness (QED) is 0.475. The number of hydrogen-bond donors (Lipinski definition) is 2. The Hall–Kier alpha value is -2.09. The third-order valence-electron chi connectivity index (χ3n) is 2.70. The van der Waals surface area contributed by atoms with Crippen molar-refractivity contribution in [3.63, 3.8) is 0 Å². The molecule has 108 valence electrons. The fourth-order valence-electron chi connectivity index (χ4n) is 1.66. The smallest absolute Gasteiger partial charge is 0.275 e. The molecule has 0 fully saturated rings. The van der Waals surface area contributed by atoms with Gasteiger partial charge in [0, 0.05) is 0 Å². The van der Waals surface area contributed by atoms with Crippen LogP contribution in [0.4, 0.5) is 0 Å². The normalized spacial score (nSPS) is 10.6. The predicted octanol–water partition coefficient (Wildman–Crippen LogP) is 2.77. The third kappa shape index (κ3) is 3.94. The van der Waals surface area contributed by atoms with E-state index in [0.717, 1.165) is 5.56 Å². The Kier molecular flexibility index (Phi) is 5.15. The first-order chi connectivity index (χ1) is 10.1. The van der Waals surface area contributed by atoms with Crippen LogP contribution in [0.5, 0.6) is 11.5 Å². The third-order valence-corrected chi connectivity index (χ3v) is 3.57. The Morgan fingerprint density at radius 2 is 2.10 bits per heavy atom. The van der Waals surface area contributed by atoms with Gasteiger partial charge in [-0.25, -0.2) is 5.43 Å². The van der Waals surface area contributed by atoms with Crippen LogP contribution in [-0.4, -0.2) is 24.3 Å². The lowest BCUT2D eigenvalue weighted by Gasteiger charge is -2.06. The topological polar surface area (TPSA) is 70.9 Å². The fourth-order valence-corrected chi connectivity index (χ4v) is 2.20. The molecule has 2 aromatic carbocycles.